The molecule has 0 bridgehead atoms. The van der Waals surface area contributed by atoms with Crippen LogP contribution < -0.4 is 5.32 Å². The van der Waals surface area contributed by atoms with Gasteiger partial charge in [-0.05, 0) is 19.1 Å². The van der Waals surface area contributed by atoms with Crippen molar-refractivity contribution >= 4 is 17.7 Å². The van der Waals surface area contributed by atoms with Gasteiger partial charge in [0.25, 0.3) is 5.91 Å². The number of imide groups is 1. The molecule has 20 heavy (non-hydrogen) atoms. The largest absolute Gasteiger partial charge is 0.383 e. The maximum absolute atomic E-state index is 12.5. The van der Waals surface area contributed by atoms with Gasteiger partial charge in [-0.15, -0.1) is 0 Å². The number of amides is 3. The van der Waals surface area contributed by atoms with E-state index in [1.54, 1.807) is 36.9 Å². The summed E-state index contributed by atoms with van der Waals surface area (Å²) in [5, 5.41) is 2.21. The Morgan fingerprint density at radius 1 is 1.50 bits per heavy atom. The maximum Gasteiger partial charge on any atom is 0.271 e. The van der Waals surface area contributed by atoms with Crippen molar-refractivity contribution in [1.29, 1.82) is 0 Å². The van der Waals surface area contributed by atoms with E-state index in [0.717, 1.165) is 0 Å². The standard InChI is InChI=1S/C13H17N3O4/c1-9-12(18)14-11(17)8-16(9)13(19)10-4-3-5-15(10)6-7-20-2/h3-5,9H,6-8H2,1-2H3,(H,14,17,18). The highest BCUT2D eigenvalue weighted by Crippen LogP contribution is 2.12. The minimum Gasteiger partial charge on any atom is -0.383 e. The second-order valence-corrected chi connectivity index (χ2v) is 4.60. The fraction of sp³-hybridized carbons (Fsp3) is 0.462. The van der Waals surface area contributed by atoms with Crippen LogP contribution in [0.1, 0.15) is 17.4 Å². The first kappa shape index (κ1) is 14.3. The molecule has 1 aliphatic heterocycles. The van der Waals surface area contributed by atoms with Crippen LogP contribution in [-0.4, -0.2) is 53.5 Å². The summed E-state index contributed by atoms with van der Waals surface area (Å²) in [4.78, 5) is 36.8. The Kier molecular flexibility index (Phi) is 4.19. The van der Waals surface area contributed by atoms with Crippen LogP contribution in [0.15, 0.2) is 18.3 Å². The highest BCUT2D eigenvalue weighted by molar-refractivity contribution is 6.06. The van der Waals surface area contributed by atoms with Gasteiger partial charge in [-0.3, -0.25) is 19.7 Å². The van der Waals surface area contributed by atoms with E-state index >= 15 is 0 Å². The van der Waals surface area contributed by atoms with E-state index in [0.29, 0.717) is 18.8 Å². The number of rotatable bonds is 4. The van der Waals surface area contributed by atoms with Crippen LogP contribution in [0.4, 0.5) is 0 Å². The van der Waals surface area contributed by atoms with E-state index in [1.807, 2.05) is 0 Å². The highest BCUT2D eigenvalue weighted by Gasteiger charge is 2.34. The van der Waals surface area contributed by atoms with Crippen molar-refractivity contribution in [2.45, 2.75) is 19.5 Å². The summed E-state index contributed by atoms with van der Waals surface area (Å²) < 4.78 is 6.73. The number of piperazine rings is 1. The number of aromatic nitrogens is 1. The van der Waals surface area contributed by atoms with Crippen LogP contribution in [0.25, 0.3) is 0 Å². The van der Waals surface area contributed by atoms with Crippen LogP contribution in [0.5, 0.6) is 0 Å². The molecule has 0 aliphatic carbocycles. The van der Waals surface area contributed by atoms with Crippen LogP contribution in [0, 0.1) is 0 Å². The lowest BCUT2D eigenvalue weighted by Crippen LogP contribution is -2.58. The molecule has 7 nitrogen and oxygen atoms in total. The predicted molar refractivity (Wildman–Crippen MR) is 70.0 cm³/mol. The lowest BCUT2D eigenvalue weighted by Gasteiger charge is -2.31. The Balaban J connectivity index is 2.20. The van der Waals surface area contributed by atoms with Gasteiger partial charge in [0.15, 0.2) is 0 Å². The minimum absolute atomic E-state index is 0.110. The van der Waals surface area contributed by atoms with Crippen molar-refractivity contribution < 1.29 is 19.1 Å². The summed E-state index contributed by atoms with van der Waals surface area (Å²) in [6.07, 6.45) is 1.77. The van der Waals surface area contributed by atoms with Crippen molar-refractivity contribution in [2.24, 2.45) is 0 Å². The van der Waals surface area contributed by atoms with Crippen molar-refractivity contribution in [1.82, 2.24) is 14.8 Å². The molecule has 1 aromatic rings. The van der Waals surface area contributed by atoms with Crippen molar-refractivity contribution in [3.05, 3.63) is 24.0 Å². The Bertz CT molecular complexity index is 537. The van der Waals surface area contributed by atoms with E-state index < -0.39 is 17.9 Å². The second kappa shape index (κ2) is 5.87. The number of hydrogen-bond acceptors (Lipinski definition) is 4. The van der Waals surface area contributed by atoms with Crippen molar-refractivity contribution in [3.8, 4) is 0 Å². The molecule has 1 atom stereocenters. The van der Waals surface area contributed by atoms with Gasteiger partial charge >= 0.3 is 0 Å². The van der Waals surface area contributed by atoms with E-state index in [-0.39, 0.29) is 12.5 Å². The number of ether oxygens (including phenoxy) is 1. The fourth-order valence-corrected chi connectivity index (χ4v) is 2.10. The first-order valence-corrected chi connectivity index (χ1v) is 6.33. The molecule has 1 aliphatic rings. The molecule has 0 aromatic carbocycles. The summed E-state index contributed by atoms with van der Waals surface area (Å²) >= 11 is 0. The molecule has 0 radical (unpaired) electrons. The Hall–Kier alpha value is -2.15. The van der Waals surface area contributed by atoms with Gasteiger partial charge in [0.2, 0.25) is 11.8 Å². The average Bonchev–Trinajstić information content (AvgIpc) is 2.88. The smallest absolute Gasteiger partial charge is 0.271 e. The highest BCUT2D eigenvalue weighted by atomic mass is 16.5. The molecule has 7 heteroatoms. The van der Waals surface area contributed by atoms with E-state index in [1.165, 1.54) is 4.90 Å². The number of methoxy groups -OCH3 is 1. The molecule has 2 heterocycles. The minimum atomic E-state index is -0.661. The van der Waals surface area contributed by atoms with Gasteiger partial charge in [0.1, 0.15) is 18.3 Å². The van der Waals surface area contributed by atoms with Crippen LogP contribution in [0.3, 0.4) is 0 Å². The Morgan fingerprint density at radius 3 is 2.95 bits per heavy atom. The average molecular weight is 279 g/mol. The quantitative estimate of drug-likeness (QED) is 0.762. The molecule has 1 saturated heterocycles. The first-order valence-electron chi connectivity index (χ1n) is 6.33. The molecular weight excluding hydrogens is 262 g/mol. The number of nitrogens with one attached hydrogen (secondary N) is 1. The van der Waals surface area contributed by atoms with Crippen LogP contribution in [-0.2, 0) is 20.9 Å². The summed E-state index contributed by atoms with van der Waals surface area (Å²) in [5.41, 5.74) is 0.441. The Morgan fingerprint density at radius 2 is 2.25 bits per heavy atom. The van der Waals surface area contributed by atoms with E-state index in [2.05, 4.69) is 5.32 Å². The molecular formula is C13H17N3O4. The second-order valence-electron chi connectivity index (χ2n) is 4.60. The number of nitrogens with zero attached hydrogens (tertiary/aromatic N) is 2. The summed E-state index contributed by atoms with van der Waals surface area (Å²) in [5.74, 6) is -1.25. The Labute approximate surface area is 116 Å². The van der Waals surface area contributed by atoms with Gasteiger partial charge in [-0.2, -0.15) is 0 Å². The van der Waals surface area contributed by atoms with Gasteiger partial charge in [0.05, 0.1) is 6.61 Å². The zero-order valence-electron chi connectivity index (χ0n) is 11.5. The third-order valence-electron chi connectivity index (χ3n) is 3.27. The number of carbonyl (C=O) groups is 3. The monoisotopic (exact) mass is 279 g/mol. The summed E-state index contributed by atoms with van der Waals surface area (Å²) in [7, 11) is 1.58. The van der Waals surface area contributed by atoms with Crippen molar-refractivity contribution in [2.75, 3.05) is 20.3 Å². The molecule has 1 unspecified atom stereocenters. The normalized spacial score (nSPS) is 19.1. The molecule has 3 amide bonds. The molecule has 108 valence electrons. The third-order valence-corrected chi connectivity index (χ3v) is 3.27. The lowest BCUT2D eigenvalue weighted by molar-refractivity contribution is -0.138. The lowest BCUT2D eigenvalue weighted by atomic mass is 10.2. The summed E-state index contributed by atoms with van der Waals surface area (Å²) in [6, 6.07) is 2.76. The fourth-order valence-electron chi connectivity index (χ4n) is 2.10. The van der Waals surface area contributed by atoms with Crippen LogP contribution in [0.2, 0.25) is 0 Å². The molecule has 1 aromatic heterocycles. The molecule has 2 rings (SSSR count). The van der Waals surface area contributed by atoms with Gasteiger partial charge in [0, 0.05) is 19.9 Å². The summed E-state index contributed by atoms with van der Waals surface area (Å²) in [6.45, 7) is 2.50. The van der Waals surface area contributed by atoms with E-state index in [9.17, 15) is 14.4 Å². The third kappa shape index (κ3) is 2.72. The first-order chi connectivity index (χ1) is 9.54. The van der Waals surface area contributed by atoms with E-state index in [4.69, 9.17) is 4.74 Å². The maximum atomic E-state index is 12.5. The number of hydrogen-bond donors (Lipinski definition) is 1. The van der Waals surface area contributed by atoms with Crippen LogP contribution >= 0.6 is 0 Å². The van der Waals surface area contributed by atoms with Gasteiger partial charge < -0.3 is 14.2 Å². The molecule has 0 spiro atoms. The zero-order chi connectivity index (χ0) is 14.7. The van der Waals surface area contributed by atoms with Gasteiger partial charge in [-0.1, -0.05) is 0 Å². The molecule has 1 N–H and O–H groups in total. The number of carbonyl (C=O) groups excluding carboxylic acids is 3. The van der Waals surface area contributed by atoms with Crippen molar-refractivity contribution in [3.63, 3.8) is 0 Å². The molecule has 0 saturated carbocycles. The topological polar surface area (TPSA) is 80.6 Å². The predicted octanol–water partition coefficient (Wildman–Crippen LogP) is -0.378. The SMILES string of the molecule is COCCn1cccc1C(=O)N1CC(=O)NC(=O)C1C. The zero-order valence-corrected chi connectivity index (χ0v) is 11.5. The van der Waals surface area contributed by atoms with Gasteiger partial charge in [-0.25, -0.2) is 0 Å². The molecule has 1 fully saturated rings.